The largest absolute Gasteiger partial charge is 0.370 e. The predicted octanol–water partition coefficient (Wildman–Crippen LogP) is 2.93. The summed E-state index contributed by atoms with van der Waals surface area (Å²) < 4.78 is 0. The molecule has 0 unspecified atom stereocenters. The van der Waals surface area contributed by atoms with E-state index in [2.05, 4.69) is 4.99 Å². The van der Waals surface area contributed by atoms with E-state index in [0.29, 0.717) is 5.56 Å². The maximum Gasteiger partial charge on any atom is 0.280 e. The summed E-state index contributed by atoms with van der Waals surface area (Å²) in [5.41, 5.74) is 15.9. The van der Waals surface area contributed by atoms with Crippen LogP contribution >= 0.6 is 0 Å². The van der Waals surface area contributed by atoms with Crippen molar-refractivity contribution >= 4 is 22.8 Å². The highest BCUT2D eigenvalue weighted by Gasteiger charge is 2.15. The molecule has 4 N–H and O–H groups in total. The number of hydrogen-bond acceptors (Lipinski definition) is 2. The van der Waals surface area contributed by atoms with Crippen molar-refractivity contribution in [3.63, 3.8) is 0 Å². The van der Waals surface area contributed by atoms with Crippen molar-refractivity contribution < 1.29 is 4.79 Å². The third-order valence-electron chi connectivity index (χ3n) is 4.06. The van der Waals surface area contributed by atoms with Gasteiger partial charge < -0.3 is 11.5 Å². The van der Waals surface area contributed by atoms with Crippen molar-refractivity contribution in [2.75, 3.05) is 0 Å². The van der Waals surface area contributed by atoms with Gasteiger partial charge in [0.15, 0.2) is 5.96 Å². The van der Waals surface area contributed by atoms with Gasteiger partial charge >= 0.3 is 0 Å². The highest BCUT2D eigenvalue weighted by Crippen LogP contribution is 2.28. The van der Waals surface area contributed by atoms with E-state index in [4.69, 9.17) is 16.5 Å². The average Bonchev–Trinajstić information content (AvgIpc) is 2.55. The molecule has 5 heteroatoms. The molecule has 0 radical (unpaired) electrons. The Kier molecular flexibility index (Phi) is 4.00. The second-order valence-corrected chi connectivity index (χ2v) is 5.66. The Balaban J connectivity index is 2.30. The Hall–Kier alpha value is -3.21. The fourth-order valence-electron chi connectivity index (χ4n) is 2.70. The standard InChI is InChI=1S/C19H18N4O/c1-11-6-5-8-13(12(11)2)17-10-15(18(24)23-19(20)21)14-7-3-4-9-16(14)22-17/h3-10H,1-2H3,(H4,20,21,23,24). The molecule has 120 valence electrons. The fraction of sp³-hybridized carbons (Fsp3) is 0.105. The highest BCUT2D eigenvalue weighted by atomic mass is 16.1. The zero-order chi connectivity index (χ0) is 17.3. The van der Waals surface area contributed by atoms with Gasteiger partial charge in [-0.3, -0.25) is 4.79 Å². The minimum atomic E-state index is -0.472. The molecule has 3 rings (SSSR count). The van der Waals surface area contributed by atoms with Gasteiger partial charge in [0.05, 0.1) is 16.8 Å². The van der Waals surface area contributed by atoms with Gasteiger partial charge in [-0.25, -0.2) is 4.98 Å². The van der Waals surface area contributed by atoms with Gasteiger partial charge in [-0.05, 0) is 37.1 Å². The van der Waals surface area contributed by atoms with Crippen LogP contribution in [-0.2, 0) is 0 Å². The first-order valence-corrected chi connectivity index (χ1v) is 7.57. The third kappa shape index (κ3) is 2.84. The molecular weight excluding hydrogens is 300 g/mol. The van der Waals surface area contributed by atoms with Crippen molar-refractivity contribution in [1.29, 1.82) is 0 Å². The summed E-state index contributed by atoms with van der Waals surface area (Å²) in [5, 5.41) is 0.724. The third-order valence-corrected chi connectivity index (χ3v) is 4.06. The molecular formula is C19H18N4O. The van der Waals surface area contributed by atoms with Gasteiger partial charge in [0, 0.05) is 10.9 Å². The summed E-state index contributed by atoms with van der Waals surface area (Å²) in [6, 6.07) is 15.2. The van der Waals surface area contributed by atoms with Gasteiger partial charge in [0.1, 0.15) is 0 Å². The molecule has 0 aliphatic carbocycles. The average molecular weight is 318 g/mol. The number of pyridine rings is 1. The molecule has 1 amide bonds. The van der Waals surface area contributed by atoms with Crippen LogP contribution in [0.4, 0.5) is 0 Å². The van der Waals surface area contributed by atoms with Crippen LogP contribution in [0.5, 0.6) is 0 Å². The van der Waals surface area contributed by atoms with E-state index in [1.54, 1.807) is 6.07 Å². The molecule has 0 aliphatic rings. The maximum atomic E-state index is 12.4. The van der Waals surface area contributed by atoms with E-state index in [9.17, 15) is 4.79 Å². The Bertz CT molecular complexity index is 972. The van der Waals surface area contributed by atoms with E-state index >= 15 is 0 Å². The zero-order valence-corrected chi connectivity index (χ0v) is 13.6. The normalized spacial score (nSPS) is 10.6. The molecule has 1 aromatic heterocycles. The first kappa shape index (κ1) is 15.7. The van der Waals surface area contributed by atoms with E-state index < -0.39 is 5.91 Å². The van der Waals surface area contributed by atoms with Crippen LogP contribution in [0.2, 0.25) is 0 Å². The van der Waals surface area contributed by atoms with Crippen LogP contribution in [0.15, 0.2) is 53.5 Å². The van der Waals surface area contributed by atoms with Crippen molar-refractivity contribution in [2.24, 2.45) is 16.5 Å². The van der Waals surface area contributed by atoms with Gasteiger partial charge in [-0.1, -0.05) is 36.4 Å². The maximum absolute atomic E-state index is 12.4. The van der Waals surface area contributed by atoms with Gasteiger partial charge in [0.2, 0.25) is 0 Å². The molecule has 5 nitrogen and oxygen atoms in total. The number of benzene rings is 2. The molecule has 0 atom stereocenters. The summed E-state index contributed by atoms with van der Waals surface area (Å²) in [6.45, 7) is 4.09. The number of carbonyl (C=O) groups excluding carboxylic acids is 1. The molecule has 0 aliphatic heterocycles. The van der Waals surface area contributed by atoms with Crippen molar-refractivity contribution in [2.45, 2.75) is 13.8 Å². The lowest BCUT2D eigenvalue weighted by Crippen LogP contribution is -2.24. The molecule has 2 aromatic carbocycles. The number of nitrogens with two attached hydrogens (primary N) is 2. The van der Waals surface area contributed by atoms with Gasteiger partial charge in [-0.2, -0.15) is 4.99 Å². The van der Waals surface area contributed by atoms with Crippen LogP contribution in [0, 0.1) is 13.8 Å². The van der Waals surface area contributed by atoms with Crippen molar-refractivity contribution in [3.8, 4) is 11.3 Å². The quantitative estimate of drug-likeness (QED) is 0.561. The number of guanidine groups is 1. The fourth-order valence-corrected chi connectivity index (χ4v) is 2.70. The topological polar surface area (TPSA) is 94.4 Å². The number of carbonyl (C=O) groups is 1. The summed E-state index contributed by atoms with van der Waals surface area (Å²) >= 11 is 0. The van der Waals surface area contributed by atoms with Crippen molar-refractivity contribution in [3.05, 3.63) is 65.2 Å². The molecule has 0 fully saturated rings. The number of fused-ring (bicyclic) bond motifs is 1. The lowest BCUT2D eigenvalue weighted by Gasteiger charge is -2.11. The summed E-state index contributed by atoms with van der Waals surface area (Å²) in [4.78, 5) is 20.8. The Morgan fingerprint density at radius 1 is 1.04 bits per heavy atom. The minimum Gasteiger partial charge on any atom is -0.370 e. The van der Waals surface area contributed by atoms with Crippen LogP contribution in [0.25, 0.3) is 22.2 Å². The second kappa shape index (κ2) is 6.12. The SMILES string of the molecule is Cc1cccc(-c2cc(C(=O)N=C(N)N)c3ccccc3n2)c1C. The molecule has 24 heavy (non-hydrogen) atoms. The van der Waals surface area contributed by atoms with E-state index in [-0.39, 0.29) is 5.96 Å². The number of para-hydroxylation sites is 1. The minimum absolute atomic E-state index is 0.255. The molecule has 3 aromatic rings. The molecule has 0 spiro atoms. The number of aliphatic imine (C=N–C) groups is 1. The molecule has 0 bridgehead atoms. The summed E-state index contributed by atoms with van der Waals surface area (Å²) in [5.74, 6) is -0.727. The number of aromatic nitrogens is 1. The molecule has 1 heterocycles. The van der Waals surface area contributed by atoms with Crippen LogP contribution in [0.1, 0.15) is 21.5 Å². The number of amides is 1. The Morgan fingerprint density at radius 3 is 2.54 bits per heavy atom. The van der Waals surface area contributed by atoms with Crippen LogP contribution in [-0.4, -0.2) is 16.9 Å². The number of hydrogen-bond donors (Lipinski definition) is 2. The van der Waals surface area contributed by atoms with E-state index in [0.717, 1.165) is 27.7 Å². The van der Waals surface area contributed by atoms with E-state index in [1.807, 2.05) is 56.3 Å². The summed E-state index contributed by atoms with van der Waals surface area (Å²) in [6.07, 6.45) is 0. The van der Waals surface area contributed by atoms with Crippen molar-refractivity contribution in [1.82, 2.24) is 4.98 Å². The lowest BCUT2D eigenvalue weighted by atomic mass is 9.98. The Labute approximate surface area is 140 Å². The molecule has 0 saturated heterocycles. The highest BCUT2D eigenvalue weighted by molar-refractivity contribution is 6.10. The number of aryl methyl sites for hydroxylation is 1. The van der Waals surface area contributed by atoms with Crippen LogP contribution in [0.3, 0.4) is 0 Å². The monoisotopic (exact) mass is 318 g/mol. The molecule has 0 saturated carbocycles. The van der Waals surface area contributed by atoms with Gasteiger partial charge in [-0.15, -0.1) is 0 Å². The van der Waals surface area contributed by atoms with Crippen LogP contribution < -0.4 is 11.5 Å². The van der Waals surface area contributed by atoms with Gasteiger partial charge in [0.25, 0.3) is 5.91 Å². The second-order valence-electron chi connectivity index (χ2n) is 5.66. The lowest BCUT2D eigenvalue weighted by molar-refractivity contribution is 0.100. The zero-order valence-electron chi connectivity index (χ0n) is 13.6. The first-order valence-electron chi connectivity index (χ1n) is 7.57. The smallest absolute Gasteiger partial charge is 0.280 e. The predicted molar refractivity (Wildman–Crippen MR) is 96.8 cm³/mol. The first-order chi connectivity index (χ1) is 11.5. The van der Waals surface area contributed by atoms with E-state index in [1.165, 1.54) is 5.56 Å². The summed E-state index contributed by atoms with van der Waals surface area (Å²) in [7, 11) is 0. The number of rotatable bonds is 2. The number of nitrogens with zero attached hydrogens (tertiary/aromatic N) is 2. The Morgan fingerprint density at radius 2 is 1.79 bits per heavy atom.